The molecule has 6 aliphatic rings. The zero-order chi connectivity index (χ0) is 37.7. The third-order valence-corrected chi connectivity index (χ3v) is 13.0. The minimum Gasteiger partial charge on any atom is -0.390 e. The number of hydrogen-bond donors (Lipinski definition) is 7. The number of fused-ring (bicyclic) bond motifs is 4. The van der Waals surface area contributed by atoms with Gasteiger partial charge in [0.2, 0.25) is 5.78 Å². The van der Waals surface area contributed by atoms with E-state index < -0.39 is 88.4 Å². The Hall–Kier alpha value is -2.12. The highest BCUT2D eigenvalue weighted by Gasteiger charge is 2.86. The van der Waals surface area contributed by atoms with Crippen LogP contribution in [0.25, 0.3) is 0 Å². The molecule has 1 aromatic carbocycles. The van der Waals surface area contributed by atoms with E-state index in [0.717, 1.165) is 6.08 Å². The molecule has 15 heteroatoms. The van der Waals surface area contributed by atoms with Gasteiger partial charge in [0.25, 0.3) is 0 Å². The highest BCUT2D eigenvalue weighted by atomic mass is 32.1. The maximum Gasteiger partial charge on any atom is 0.200 e. The van der Waals surface area contributed by atoms with Gasteiger partial charge < -0.3 is 55.0 Å². The molecule has 3 aliphatic heterocycles. The van der Waals surface area contributed by atoms with Crippen LogP contribution in [-0.4, -0.2) is 126 Å². The number of carbonyl (C=O) groups excluding carboxylic acids is 3. The molecular formula is C37H49NO13S. The van der Waals surface area contributed by atoms with Gasteiger partial charge in [0.15, 0.2) is 35.3 Å². The van der Waals surface area contributed by atoms with Gasteiger partial charge in [-0.15, -0.1) is 0 Å². The number of ketones is 3. The Labute approximate surface area is 307 Å². The first-order valence-corrected chi connectivity index (χ1v) is 18.5. The molecule has 3 saturated heterocycles. The molecule has 286 valence electrons. The van der Waals surface area contributed by atoms with Gasteiger partial charge in [0.05, 0.1) is 36.6 Å². The van der Waals surface area contributed by atoms with Crippen LogP contribution in [0.2, 0.25) is 0 Å². The summed E-state index contributed by atoms with van der Waals surface area (Å²) >= 11 is 4.56. The smallest absolute Gasteiger partial charge is 0.200 e. The summed E-state index contributed by atoms with van der Waals surface area (Å²) in [6.07, 6.45) is -5.22. The second-order valence-corrected chi connectivity index (χ2v) is 16.4. The number of ether oxygens (including phenoxy) is 5. The summed E-state index contributed by atoms with van der Waals surface area (Å²) < 4.78 is 27.5. The summed E-state index contributed by atoms with van der Waals surface area (Å²) in [7, 11) is 0. The number of benzene rings is 1. The second-order valence-electron chi connectivity index (χ2n) is 15.7. The second kappa shape index (κ2) is 13.3. The van der Waals surface area contributed by atoms with E-state index in [9.17, 15) is 39.9 Å². The SMILES string of the molecule is CC1=CC(=O)[C@]2(O)[C@]3(O)C(=O)c4ccc([C@H]5C[C@@H](O[C@H]6CC[C@H](O)[C@H](C)O6)C[C@H](C)O5)cc4C(=O)[C@@]3(S)C(O)[C@@H](O[C@@H]3CC[C@@H](N)[C@@H](C)O3)[C@]2(O)C1. The van der Waals surface area contributed by atoms with Gasteiger partial charge in [-0.25, -0.2) is 0 Å². The summed E-state index contributed by atoms with van der Waals surface area (Å²) in [6, 6.07) is 3.96. The Morgan fingerprint density at radius 2 is 1.52 bits per heavy atom. The lowest BCUT2D eigenvalue weighted by Gasteiger charge is -2.65. The molecule has 1 aromatic rings. The van der Waals surface area contributed by atoms with Crippen molar-refractivity contribution in [2.24, 2.45) is 5.73 Å². The molecule has 3 heterocycles. The normalized spacial score (nSPS) is 48.0. The van der Waals surface area contributed by atoms with Crippen LogP contribution in [0.5, 0.6) is 0 Å². The van der Waals surface area contributed by atoms with Crippen LogP contribution in [0.15, 0.2) is 29.8 Å². The molecule has 14 nitrogen and oxygen atoms in total. The van der Waals surface area contributed by atoms with Crippen LogP contribution in [0.3, 0.4) is 0 Å². The first kappa shape index (κ1) is 38.2. The van der Waals surface area contributed by atoms with Crippen LogP contribution in [0.1, 0.15) is 105 Å². The number of Topliss-reactive ketones (excluding diaryl/α,β-unsaturated/α-hetero) is 2. The van der Waals surface area contributed by atoms with Gasteiger partial charge >= 0.3 is 0 Å². The number of rotatable bonds is 5. The minimum absolute atomic E-state index is 0.216. The van der Waals surface area contributed by atoms with Crippen molar-refractivity contribution in [3.8, 4) is 0 Å². The van der Waals surface area contributed by atoms with Gasteiger partial charge in [0, 0.05) is 36.4 Å². The number of carbonyl (C=O) groups is 3. The van der Waals surface area contributed by atoms with Gasteiger partial charge in [-0.2, -0.15) is 12.6 Å². The fourth-order valence-corrected chi connectivity index (χ4v) is 9.72. The van der Waals surface area contributed by atoms with Crippen molar-refractivity contribution in [3.63, 3.8) is 0 Å². The highest BCUT2D eigenvalue weighted by Crippen LogP contribution is 2.61. The van der Waals surface area contributed by atoms with Crippen LogP contribution in [-0.2, 0) is 28.5 Å². The van der Waals surface area contributed by atoms with Crippen LogP contribution < -0.4 is 5.73 Å². The van der Waals surface area contributed by atoms with E-state index in [2.05, 4.69) is 12.6 Å². The quantitative estimate of drug-likeness (QED) is 0.209. The molecule has 3 aliphatic carbocycles. The molecular weight excluding hydrogens is 698 g/mol. The topological polar surface area (TPSA) is 225 Å². The summed E-state index contributed by atoms with van der Waals surface area (Å²) in [5, 5.41) is 59.5. The molecule has 15 atom stereocenters. The standard InChI is InChI=1S/C37H49NO13S/c1-16-11-27(40)36(45)34(44,15-16)33(51-29-9-7-24(38)18(3)48-29)32(43)35(52)30(41)23-13-20(5-6-22(23)31(42)37(35,36)46)26-14-21(12-17(2)47-26)50-28-10-8-25(39)19(4)49-28/h5-6,11,13,17-19,21,24-26,28-29,32-33,39,43-46,52H,7-10,12,14-15,38H2,1-4H3/t17-,18+,19-,21-,24+,25-,26+,28-,29+,32?,33+,34+,35+,36+,37-/m0/s1. The van der Waals surface area contributed by atoms with E-state index in [1.165, 1.54) is 19.1 Å². The number of hydrogen-bond acceptors (Lipinski definition) is 15. The third-order valence-electron chi connectivity index (χ3n) is 12.2. The number of aliphatic hydroxyl groups is 5. The van der Waals surface area contributed by atoms with Crippen molar-refractivity contribution in [2.45, 2.75) is 162 Å². The molecule has 7 N–H and O–H groups in total. The molecule has 0 bridgehead atoms. The molecule has 52 heavy (non-hydrogen) atoms. The van der Waals surface area contributed by atoms with Crippen LogP contribution >= 0.6 is 12.6 Å². The largest absolute Gasteiger partial charge is 0.390 e. The van der Waals surface area contributed by atoms with Crippen molar-refractivity contribution in [1.29, 1.82) is 0 Å². The van der Waals surface area contributed by atoms with Crippen molar-refractivity contribution < 1.29 is 63.6 Å². The average molecular weight is 748 g/mol. The Bertz CT molecular complexity index is 1670. The molecule has 0 aromatic heterocycles. The van der Waals surface area contributed by atoms with E-state index in [-0.39, 0.29) is 47.5 Å². The fraction of sp³-hybridized carbons (Fsp3) is 0.703. The number of thiol groups is 1. The first-order valence-electron chi connectivity index (χ1n) is 18.1. The van der Waals surface area contributed by atoms with Crippen LogP contribution in [0, 0.1) is 0 Å². The molecule has 0 radical (unpaired) electrons. The number of aliphatic hydroxyl groups excluding tert-OH is 2. The third kappa shape index (κ3) is 5.46. The van der Waals surface area contributed by atoms with E-state index >= 15 is 0 Å². The molecule has 1 unspecified atom stereocenters. The maximum absolute atomic E-state index is 14.8. The van der Waals surface area contributed by atoms with Gasteiger partial charge in [0.1, 0.15) is 22.6 Å². The zero-order valence-corrected chi connectivity index (χ0v) is 30.5. The average Bonchev–Trinajstić information content (AvgIpc) is 3.09. The number of nitrogens with two attached hydrogens (primary N) is 1. The summed E-state index contributed by atoms with van der Waals surface area (Å²) in [4.78, 5) is 43.2. The van der Waals surface area contributed by atoms with Crippen molar-refractivity contribution >= 4 is 30.0 Å². The predicted molar refractivity (Wildman–Crippen MR) is 184 cm³/mol. The summed E-state index contributed by atoms with van der Waals surface area (Å²) in [5.41, 5.74) is -3.32. The monoisotopic (exact) mass is 747 g/mol. The predicted octanol–water partition coefficient (Wildman–Crippen LogP) is 0.970. The van der Waals surface area contributed by atoms with E-state index in [0.29, 0.717) is 37.7 Å². The van der Waals surface area contributed by atoms with Gasteiger partial charge in [-0.05, 0) is 71.1 Å². The van der Waals surface area contributed by atoms with Crippen LogP contribution in [0.4, 0.5) is 0 Å². The lowest BCUT2D eigenvalue weighted by molar-refractivity contribution is -0.335. The minimum atomic E-state index is -3.44. The Morgan fingerprint density at radius 3 is 2.21 bits per heavy atom. The molecule has 4 fully saturated rings. The first-order chi connectivity index (χ1) is 24.4. The van der Waals surface area contributed by atoms with E-state index in [4.69, 9.17) is 29.4 Å². The lowest BCUT2D eigenvalue weighted by atomic mass is 9.47. The zero-order valence-electron chi connectivity index (χ0n) is 29.6. The van der Waals surface area contributed by atoms with Crippen molar-refractivity contribution in [2.75, 3.05) is 0 Å². The Balaban J connectivity index is 1.26. The summed E-state index contributed by atoms with van der Waals surface area (Å²) in [6.45, 7) is 6.89. The van der Waals surface area contributed by atoms with Crippen molar-refractivity contribution in [1.82, 2.24) is 0 Å². The Morgan fingerprint density at radius 1 is 0.846 bits per heavy atom. The molecule has 0 amide bonds. The maximum atomic E-state index is 14.8. The van der Waals surface area contributed by atoms with Gasteiger partial charge in [-0.3, -0.25) is 14.4 Å². The van der Waals surface area contributed by atoms with E-state index in [1.54, 1.807) is 19.9 Å². The fourth-order valence-electron chi connectivity index (χ4n) is 9.20. The molecule has 7 rings (SSSR count). The Kier molecular flexibility index (Phi) is 9.74. The highest BCUT2D eigenvalue weighted by molar-refractivity contribution is 7.83. The summed E-state index contributed by atoms with van der Waals surface area (Å²) in [5.74, 6) is -3.59. The van der Waals surface area contributed by atoms with Gasteiger partial charge in [-0.1, -0.05) is 17.7 Å². The lowest BCUT2D eigenvalue weighted by Crippen LogP contribution is -2.92. The molecule has 1 saturated carbocycles. The molecule has 0 spiro atoms. The van der Waals surface area contributed by atoms with Crippen molar-refractivity contribution in [3.05, 3.63) is 46.5 Å². The van der Waals surface area contributed by atoms with E-state index in [1.807, 2.05) is 6.92 Å².